The van der Waals surface area contributed by atoms with Crippen molar-refractivity contribution in [2.24, 2.45) is 0 Å². The van der Waals surface area contributed by atoms with Gasteiger partial charge in [0.2, 0.25) is 5.91 Å². The third-order valence-corrected chi connectivity index (χ3v) is 4.32. The normalized spacial score (nSPS) is 10.4. The molecule has 0 spiro atoms. The van der Waals surface area contributed by atoms with E-state index in [2.05, 4.69) is 16.5 Å². The summed E-state index contributed by atoms with van der Waals surface area (Å²) in [5.74, 6) is 0.806. The van der Waals surface area contributed by atoms with E-state index in [1.54, 1.807) is 0 Å². The molecule has 0 aliphatic carbocycles. The lowest BCUT2D eigenvalue weighted by molar-refractivity contribution is -0.121. The first-order valence-electron chi connectivity index (χ1n) is 8.94. The predicted molar refractivity (Wildman–Crippen MR) is 99.7 cm³/mol. The highest BCUT2D eigenvalue weighted by molar-refractivity contribution is 5.76. The minimum absolute atomic E-state index is 0.000114. The number of nitrogens with one attached hydrogen (secondary N) is 1. The third kappa shape index (κ3) is 5.09. The van der Waals surface area contributed by atoms with Crippen molar-refractivity contribution in [1.29, 1.82) is 5.26 Å². The Kier molecular flexibility index (Phi) is 7.22. The van der Waals surface area contributed by atoms with Crippen LogP contribution in [0.2, 0.25) is 0 Å². The fourth-order valence-electron chi connectivity index (χ4n) is 2.94. The van der Waals surface area contributed by atoms with Crippen molar-refractivity contribution in [3.8, 4) is 11.8 Å². The molecule has 0 bridgehead atoms. The van der Waals surface area contributed by atoms with Gasteiger partial charge >= 0.3 is 0 Å². The summed E-state index contributed by atoms with van der Waals surface area (Å²) in [6.45, 7) is 7.51. The van der Waals surface area contributed by atoms with Gasteiger partial charge in [0.25, 0.3) is 0 Å². The van der Waals surface area contributed by atoms with E-state index in [1.807, 2.05) is 49.7 Å². The van der Waals surface area contributed by atoms with E-state index >= 15 is 0 Å². The first-order chi connectivity index (χ1) is 12.6. The van der Waals surface area contributed by atoms with E-state index < -0.39 is 0 Å². The average Bonchev–Trinajstić information content (AvgIpc) is 2.91. The van der Waals surface area contributed by atoms with Crippen LogP contribution in [-0.4, -0.2) is 22.3 Å². The highest BCUT2D eigenvalue weighted by Gasteiger charge is 2.13. The lowest BCUT2D eigenvalue weighted by atomic mass is 10.1. The number of ether oxygens (including phenoxy) is 1. The van der Waals surface area contributed by atoms with Crippen LogP contribution in [0.4, 0.5) is 0 Å². The molecule has 138 valence electrons. The molecule has 2 rings (SSSR count). The molecule has 1 aromatic carbocycles. The number of amides is 1. The van der Waals surface area contributed by atoms with Gasteiger partial charge in [-0.2, -0.15) is 10.4 Å². The lowest BCUT2D eigenvalue weighted by Gasteiger charge is -2.11. The molecule has 0 radical (unpaired) electrons. The number of hydrogen-bond acceptors (Lipinski definition) is 4. The van der Waals surface area contributed by atoms with E-state index in [9.17, 15) is 4.79 Å². The van der Waals surface area contributed by atoms with Gasteiger partial charge in [0.1, 0.15) is 5.75 Å². The van der Waals surface area contributed by atoms with Gasteiger partial charge in [0, 0.05) is 24.2 Å². The van der Waals surface area contributed by atoms with Crippen molar-refractivity contribution >= 4 is 5.91 Å². The Balaban J connectivity index is 1.90. The number of carbonyl (C=O) groups excluding carboxylic acids is 1. The van der Waals surface area contributed by atoms with Crippen LogP contribution < -0.4 is 10.1 Å². The zero-order valence-electron chi connectivity index (χ0n) is 15.7. The standard InChI is InChI=1S/C20H26N4O2/c1-4-26-19-9-6-5-8-17(19)14-22-20(25)11-10-18-15(2)23-24(16(18)3)13-7-12-21/h5-6,8-9H,4,7,10-11,13-14H2,1-3H3,(H,22,25). The van der Waals surface area contributed by atoms with E-state index in [0.717, 1.165) is 28.3 Å². The summed E-state index contributed by atoms with van der Waals surface area (Å²) >= 11 is 0. The highest BCUT2D eigenvalue weighted by atomic mass is 16.5. The van der Waals surface area contributed by atoms with Crippen LogP contribution >= 0.6 is 0 Å². The molecule has 6 heteroatoms. The molecule has 0 aliphatic heterocycles. The molecule has 6 nitrogen and oxygen atoms in total. The van der Waals surface area contributed by atoms with Crippen LogP contribution in [0.3, 0.4) is 0 Å². The summed E-state index contributed by atoms with van der Waals surface area (Å²) < 4.78 is 7.43. The SMILES string of the molecule is CCOc1ccccc1CNC(=O)CCc1c(C)nn(CCC#N)c1C. The third-order valence-electron chi connectivity index (χ3n) is 4.32. The van der Waals surface area contributed by atoms with Crippen LogP contribution in [0.5, 0.6) is 5.75 Å². The van der Waals surface area contributed by atoms with Crippen LogP contribution in [0.25, 0.3) is 0 Å². The van der Waals surface area contributed by atoms with Crippen molar-refractivity contribution in [2.75, 3.05) is 6.61 Å². The largest absolute Gasteiger partial charge is 0.494 e. The number of nitrogens with zero attached hydrogens (tertiary/aromatic N) is 3. The maximum Gasteiger partial charge on any atom is 0.220 e. The number of aromatic nitrogens is 2. The van der Waals surface area contributed by atoms with Gasteiger partial charge in [-0.25, -0.2) is 0 Å². The molecule has 1 aromatic heterocycles. The predicted octanol–water partition coefficient (Wildman–Crippen LogP) is 3.06. The maximum atomic E-state index is 12.2. The van der Waals surface area contributed by atoms with E-state index in [1.165, 1.54) is 0 Å². The van der Waals surface area contributed by atoms with Gasteiger partial charge in [0.15, 0.2) is 0 Å². The number of benzene rings is 1. The Bertz CT molecular complexity index is 790. The summed E-state index contributed by atoms with van der Waals surface area (Å²) in [7, 11) is 0. The fourth-order valence-corrected chi connectivity index (χ4v) is 2.94. The number of hydrogen-bond donors (Lipinski definition) is 1. The molecular weight excluding hydrogens is 328 g/mol. The molecule has 1 heterocycles. The van der Waals surface area contributed by atoms with Crippen molar-refractivity contribution in [2.45, 2.75) is 53.1 Å². The zero-order chi connectivity index (χ0) is 18.9. The number of nitriles is 1. The summed E-state index contributed by atoms with van der Waals surface area (Å²) in [4.78, 5) is 12.2. The maximum absolute atomic E-state index is 12.2. The fraction of sp³-hybridized carbons (Fsp3) is 0.450. The molecule has 0 saturated carbocycles. The quantitative estimate of drug-likeness (QED) is 0.750. The van der Waals surface area contributed by atoms with Gasteiger partial charge in [-0.05, 0) is 38.8 Å². The summed E-state index contributed by atoms with van der Waals surface area (Å²) in [6.07, 6.45) is 1.48. The minimum atomic E-state index is -0.000114. The minimum Gasteiger partial charge on any atom is -0.494 e. The molecule has 0 aliphatic rings. The number of aryl methyl sites for hydroxylation is 2. The van der Waals surface area contributed by atoms with Crippen molar-refractivity contribution in [3.63, 3.8) is 0 Å². The molecule has 26 heavy (non-hydrogen) atoms. The monoisotopic (exact) mass is 354 g/mol. The van der Waals surface area contributed by atoms with Crippen LogP contribution in [-0.2, 0) is 24.3 Å². The van der Waals surface area contributed by atoms with Crippen LogP contribution in [0.1, 0.15) is 42.3 Å². The zero-order valence-corrected chi connectivity index (χ0v) is 15.7. The van der Waals surface area contributed by atoms with Crippen molar-refractivity contribution in [3.05, 3.63) is 46.8 Å². The molecule has 1 amide bonds. The van der Waals surface area contributed by atoms with E-state index in [0.29, 0.717) is 39.0 Å². The average molecular weight is 354 g/mol. The first kappa shape index (κ1) is 19.5. The summed E-state index contributed by atoms with van der Waals surface area (Å²) in [5, 5.41) is 16.2. The second-order valence-corrected chi connectivity index (χ2v) is 6.10. The summed E-state index contributed by atoms with van der Waals surface area (Å²) in [6, 6.07) is 9.86. The Morgan fingerprint density at radius 3 is 2.85 bits per heavy atom. The molecule has 0 atom stereocenters. The van der Waals surface area contributed by atoms with Gasteiger partial charge in [-0.15, -0.1) is 0 Å². The number of rotatable bonds is 9. The molecule has 0 fully saturated rings. The van der Waals surface area contributed by atoms with Gasteiger partial charge in [-0.3, -0.25) is 9.48 Å². The van der Waals surface area contributed by atoms with Gasteiger partial charge < -0.3 is 10.1 Å². The second-order valence-electron chi connectivity index (χ2n) is 6.10. The van der Waals surface area contributed by atoms with Crippen molar-refractivity contribution in [1.82, 2.24) is 15.1 Å². The Morgan fingerprint density at radius 1 is 1.35 bits per heavy atom. The van der Waals surface area contributed by atoms with Gasteiger partial charge in [0.05, 0.1) is 31.3 Å². The van der Waals surface area contributed by atoms with Crippen LogP contribution in [0, 0.1) is 25.2 Å². The molecule has 0 saturated heterocycles. The van der Waals surface area contributed by atoms with Crippen LogP contribution in [0.15, 0.2) is 24.3 Å². The topological polar surface area (TPSA) is 79.9 Å². The lowest BCUT2D eigenvalue weighted by Crippen LogP contribution is -2.23. The first-order valence-corrected chi connectivity index (χ1v) is 8.94. The van der Waals surface area contributed by atoms with Gasteiger partial charge in [-0.1, -0.05) is 18.2 Å². The van der Waals surface area contributed by atoms with Crippen molar-refractivity contribution < 1.29 is 9.53 Å². The molecule has 0 unspecified atom stereocenters. The number of carbonyl (C=O) groups is 1. The molecule has 1 N–H and O–H groups in total. The van der Waals surface area contributed by atoms with E-state index in [4.69, 9.17) is 10.00 Å². The molecule has 2 aromatic rings. The smallest absolute Gasteiger partial charge is 0.220 e. The second kappa shape index (κ2) is 9.62. The summed E-state index contributed by atoms with van der Waals surface area (Å²) in [5.41, 5.74) is 4.02. The highest BCUT2D eigenvalue weighted by Crippen LogP contribution is 2.18. The molecular formula is C20H26N4O2. The Morgan fingerprint density at radius 2 is 2.12 bits per heavy atom. The Hall–Kier alpha value is -2.81. The number of para-hydroxylation sites is 1. The Labute approximate surface area is 154 Å². The van der Waals surface area contributed by atoms with E-state index in [-0.39, 0.29) is 5.91 Å².